The van der Waals surface area contributed by atoms with E-state index in [1.54, 1.807) is 0 Å². The number of aryl methyl sites for hydroxylation is 1. The van der Waals surface area contributed by atoms with Crippen LogP contribution in [0.3, 0.4) is 0 Å². The number of carbonyl (C=O) groups is 1. The monoisotopic (exact) mass is 352 g/mol. The first kappa shape index (κ1) is 13.1. The van der Waals surface area contributed by atoms with Crippen LogP contribution in [0.1, 0.15) is 21.5 Å². The van der Waals surface area contributed by atoms with Gasteiger partial charge in [-0.1, -0.05) is 23.8 Å². The zero-order valence-electron chi connectivity index (χ0n) is 10.0. The van der Waals surface area contributed by atoms with Crippen LogP contribution in [0.5, 0.6) is 5.75 Å². The van der Waals surface area contributed by atoms with Crippen LogP contribution >= 0.6 is 22.6 Å². The predicted molar refractivity (Wildman–Crippen MR) is 80.1 cm³/mol. The minimum Gasteiger partial charge on any atom is -0.488 e. The van der Waals surface area contributed by atoms with Crippen LogP contribution < -0.4 is 4.74 Å². The maximum absolute atomic E-state index is 11.0. The first-order valence-corrected chi connectivity index (χ1v) is 6.70. The van der Waals surface area contributed by atoms with Crippen LogP contribution in [0.2, 0.25) is 0 Å². The summed E-state index contributed by atoms with van der Waals surface area (Å²) < 4.78 is 6.87. The Kier molecular flexibility index (Phi) is 4.36. The van der Waals surface area contributed by atoms with Crippen molar-refractivity contribution in [3.63, 3.8) is 0 Å². The molecule has 0 spiro atoms. The van der Waals surface area contributed by atoms with E-state index in [2.05, 4.69) is 22.6 Å². The molecule has 0 aromatic heterocycles. The minimum absolute atomic E-state index is 0.473. The van der Waals surface area contributed by atoms with Gasteiger partial charge < -0.3 is 4.74 Å². The fourth-order valence-electron chi connectivity index (χ4n) is 1.63. The number of hydrogen-bond donors (Lipinski definition) is 0. The predicted octanol–water partition coefficient (Wildman–Crippen LogP) is 3.99. The van der Waals surface area contributed by atoms with Crippen LogP contribution in [0.4, 0.5) is 0 Å². The molecule has 0 bridgehead atoms. The van der Waals surface area contributed by atoms with Gasteiger partial charge in [0.2, 0.25) is 0 Å². The summed E-state index contributed by atoms with van der Waals surface area (Å²) in [5, 5.41) is 0. The Hall–Kier alpha value is -1.36. The lowest BCUT2D eigenvalue weighted by Gasteiger charge is -2.09. The zero-order chi connectivity index (χ0) is 13.0. The third-order valence-corrected chi connectivity index (χ3v) is 3.32. The van der Waals surface area contributed by atoms with Crippen molar-refractivity contribution >= 4 is 28.9 Å². The molecule has 2 aromatic carbocycles. The van der Waals surface area contributed by atoms with Crippen LogP contribution in [0.15, 0.2) is 42.5 Å². The summed E-state index contributed by atoms with van der Waals surface area (Å²) in [5.41, 5.74) is 2.74. The fraction of sp³-hybridized carbons (Fsp3) is 0.133. The summed E-state index contributed by atoms with van der Waals surface area (Å²) in [6, 6.07) is 13.7. The summed E-state index contributed by atoms with van der Waals surface area (Å²) in [7, 11) is 0. The zero-order valence-corrected chi connectivity index (χ0v) is 12.2. The Bertz CT molecular complexity index is 547. The third kappa shape index (κ3) is 3.32. The van der Waals surface area contributed by atoms with E-state index < -0.39 is 0 Å². The molecule has 0 atom stereocenters. The summed E-state index contributed by atoms with van der Waals surface area (Å²) in [6.45, 7) is 2.43. The fourth-order valence-corrected chi connectivity index (χ4v) is 1.99. The highest BCUT2D eigenvalue weighted by Crippen LogP contribution is 2.19. The average Bonchev–Trinajstić information content (AvgIpc) is 2.39. The number of ether oxygens (including phenoxy) is 1. The standard InChI is InChI=1S/C15H13IO2/c1-11-2-7-15(13(8-11)9-17)18-10-12-3-5-14(16)6-4-12/h2-9H,10H2,1H3. The van der Waals surface area contributed by atoms with Crippen LogP contribution in [0.25, 0.3) is 0 Å². The van der Waals surface area contributed by atoms with Crippen molar-refractivity contribution in [3.8, 4) is 5.75 Å². The Balaban J connectivity index is 2.10. The molecule has 92 valence electrons. The van der Waals surface area contributed by atoms with Gasteiger partial charge in [0.15, 0.2) is 6.29 Å². The lowest BCUT2D eigenvalue weighted by Crippen LogP contribution is -1.98. The van der Waals surface area contributed by atoms with Gasteiger partial charge in [-0.3, -0.25) is 4.79 Å². The molecule has 3 heteroatoms. The van der Waals surface area contributed by atoms with Gasteiger partial charge in [0.25, 0.3) is 0 Å². The van der Waals surface area contributed by atoms with E-state index in [1.807, 2.05) is 49.4 Å². The molecule has 0 heterocycles. The number of carbonyl (C=O) groups excluding carboxylic acids is 1. The molecule has 0 aliphatic rings. The average molecular weight is 352 g/mol. The number of aldehydes is 1. The third-order valence-electron chi connectivity index (χ3n) is 2.60. The van der Waals surface area contributed by atoms with E-state index in [-0.39, 0.29) is 0 Å². The van der Waals surface area contributed by atoms with Crippen molar-refractivity contribution in [2.45, 2.75) is 13.5 Å². The van der Waals surface area contributed by atoms with Gasteiger partial charge in [-0.05, 0) is 59.3 Å². The minimum atomic E-state index is 0.473. The second-order valence-electron chi connectivity index (χ2n) is 4.07. The highest BCUT2D eigenvalue weighted by atomic mass is 127. The lowest BCUT2D eigenvalue weighted by atomic mass is 10.1. The quantitative estimate of drug-likeness (QED) is 0.614. The molecular formula is C15H13IO2. The number of rotatable bonds is 4. The highest BCUT2D eigenvalue weighted by molar-refractivity contribution is 14.1. The molecule has 2 nitrogen and oxygen atoms in total. The van der Waals surface area contributed by atoms with Crippen molar-refractivity contribution in [1.82, 2.24) is 0 Å². The van der Waals surface area contributed by atoms with Crippen LogP contribution in [0, 0.1) is 10.5 Å². The molecule has 0 fully saturated rings. The largest absolute Gasteiger partial charge is 0.488 e. The van der Waals surface area contributed by atoms with E-state index >= 15 is 0 Å². The van der Waals surface area contributed by atoms with Gasteiger partial charge in [-0.2, -0.15) is 0 Å². The molecule has 0 saturated heterocycles. The van der Waals surface area contributed by atoms with E-state index in [1.165, 1.54) is 3.57 Å². The Morgan fingerprint density at radius 3 is 2.56 bits per heavy atom. The lowest BCUT2D eigenvalue weighted by molar-refractivity contribution is 0.111. The van der Waals surface area contributed by atoms with Crippen molar-refractivity contribution in [1.29, 1.82) is 0 Å². The second-order valence-corrected chi connectivity index (χ2v) is 5.32. The summed E-state index contributed by atoms with van der Waals surface area (Å²) >= 11 is 2.26. The Morgan fingerprint density at radius 1 is 1.17 bits per heavy atom. The van der Waals surface area contributed by atoms with Crippen molar-refractivity contribution in [2.24, 2.45) is 0 Å². The Labute approximate surface area is 120 Å². The number of hydrogen-bond acceptors (Lipinski definition) is 2. The van der Waals surface area contributed by atoms with E-state index in [4.69, 9.17) is 4.74 Å². The molecule has 18 heavy (non-hydrogen) atoms. The summed E-state index contributed by atoms with van der Waals surface area (Å²) in [6.07, 6.45) is 0.830. The van der Waals surface area contributed by atoms with Gasteiger partial charge in [-0.25, -0.2) is 0 Å². The molecule has 2 rings (SSSR count). The van der Waals surface area contributed by atoms with Gasteiger partial charge in [-0.15, -0.1) is 0 Å². The van der Waals surface area contributed by atoms with Crippen molar-refractivity contribution in [2.75, 3.05) is 0 Å². The first-order valence-electron chi connectivity index (χ1n) is 5.62. The number of benzene rings is 2. The summed E-state index contributed by atoms with van der Waals surface area (Å²) in [4.78, 5) is 11.0. The van der Waals surface area contributed by atoms with Crippen LogP contribution in [-0.4, -0.2) is 6.29 Å². The molecule has 0 unspecified atom stereocenters. The van der Waals surface area contributed by atoms with Gasteiger partial charge >= 0.3 is 0 Å². The van der Waals surface area contributed by atoms with Gasteiger partial charge in [0.05, 0.1) is 5.56 Å². The van der Waals surface area contributed by atoms with Crippen LogP contribution in [-0.2, 0) is 6.61 Å². The van der Waals surface area contributed by atoms with Crippen molar-refractivity contribution in [3.05, 3.63) is 62.7 Å². The maximum Gasteiger partial charge on any atom is 0.153 e. The SMILES string of the molecule is Cc1ccc(OCc2ccc(I)cc2)c(C=O)c1. The highest BCUT2D eigenvalue weighted by Gasteiger charge is 2.03. The first-order chi connectivity index (χ1) is 8.69. The maximum atomic E-state index is 11.0. The molecule has 0 aliphatic heterocycles. The molecule has 0 saturated carbocycles. The van der Waals surface area contributed by atoms with Gasteiger partial charge in [0, 0.05) is 3.57 Å². The molecular weight excluding hydrogens is 339 g/mol. The topological polar surface area (TPSA) is 26.3 Å². The summed E-state index contributed by atoms with van der Waals surface area (Å²) in [5.74, 6) is 0.633. The second kappa shape index (κ2) is 6.00. The van der Waals surface area contributed by atoms with E-state index in [0.717, 1.165) is 17.4 Å². The molecule has 2 aromatic rings. The van der Waals surface area contributed by atoms with Gasteiger partial charge in [0.1, 0.15) is 12.4 Å². The molecule has 0 aliphatic carbocycles. The number of halogens is 1. The molecule has 0 amide bonds. The smallest absolute Gasteiger partial charge is 0.153 e. The molecule has 0 radical (unpaired) electrons. The van der Waals surface area contributed by atoms with E-state index in [0.29, 0.717) is 17.9 Å². The van der Waals surface area contributed by atoms with Crippen molar-refractivity contribution < 1.29 is 9.53 Å². The van der Waals surface area contributed by atoms with E-state index in [9.17, 15) is 4.79 Å². The Morgan fingerprint density at radius 2 is 1.89 bits per heavy atom. The normalized spacial score (nSPS) is 10.1. The molecule has 0 N–H and O–H groups in total.